The van der Waals surface area contributed by atoms with Gasteiger partial charge in [-0.2, -0.15) is 0 Å². The largest absolute Gasteiger partial charge is 0.493 e. The molecule has 1 N–H and O–H groups in total. The van der Waals surface area contributed by atoms with Gasteiger partial charge in [0.1, 0.15) is 11.6 Å². The number of aryl methyl sites for hydroxylation is 1. The highest BCUT2D eigenvalue weighted by atomic mass is 16.5. The van der Waals surface area contributed by atoms with Crippen LogP contribution in [0.15, 0.2) is 77.6 Å². The van der Waals surface area contributed by atoms with E-state index in [0.29, 0.717) is 46.0 Å². The highest BCUT2D eigenvalue weighted by Gasteiger charge is 2.14. The van der Waals surface area contributed by atoms with Crippen molar-refractivity contribution < 1.29 is 9.53 Å². The third-order valence-electron chi connectivity index (χ3n) is 4.74. The van der Waals surface area contributed by atoms with Gasteiger partial charge in [-0.1, -0.05) is 30.3 Å². The van der Waals surface area contributed by atoms with E-state index in [1.165, 1.54) is 0 Å². The van der Waals surface area contributed by atoms with E-state index in [2.05, 4.69) is 10.3 Å². The van der Waals surface area contributed by atoms with Crippen LogP contribution in [0.3, 0.4) is 0 Å². The summed E-state index contributed by atoms with van der Waals surface area (Å²) in [4.78, 5) is 30.4. The maximum atomic E-state index is 13.0. The molecule has 30 heavy (non-hydrogen) atoms. The number of hydrogen-bond acceptors (Lipinski definition) is 4. The first-order valence-electron chi connectivity index (χ1n) is 9.70. The average Bonchev–Trinajstić information content (AvgIpc) is 2.75. The van der Waals surface area contributed by atoms with E-state index in [9.17, 15) is 9.59 Å². The van der Waals surface area contributed by atoms with Crippen LogP contribution in [0.5, 0.6) is 5.75 Å². The normalized spacial score (nSPS) is 10.7. The number of rotatable bonds is 5. The number of hydrogen-bond donors (Lipinski definition) is 1. The van der Waals surface area contributed by atoms with Gasteiger partial charge in [0.25, 0.3) is 11.5 Å². The zero-order valence-corrected chi connectivity index (χ0v) is 16.8. The Balaban J connectivity index is 1.70. The lowest BCUT2D eigenvalue weighted by Gasteiger charge is -2.13. The molecular weight excluding hydrogens is 378 g/mol. The fraction of sp³-hybridized carbons (Fsp3) is 0.125. The van der Waals surface area contributed by atoms with Crippen molar-refractivity contribution in [2.24, 2.45) is 0 Å². The van der Waals surface area contributed by atoms with Crippen molar-refractivity contribution in [1.29, 1.82) is 0 Å². The van der Waals surface area contributed by atoms with Gasteiger partial charge in [-0.15, -0.1) is 0 Å². The minimum atomic E-state index is -0.281. The fourth-order valence-corrected chi connectivity index (χ4v) is 3.40. The van der Waals surface area contributed by atoms with Crippen molar-refractivity contribution in [3.8, 4) is 11.4 Å². The Morgan fingerprint density at radius 1 is 1.03 bits per heavy atom. The Bertz CT molecular complexity index is 1290. The molecule has 0 atom stereocenters. The molecular formula is C24H21N3O3. The predicted octanol–water partition coefficient (Wildman–Crippen LogP) is 4.35. The Morgan fingerprint density at radius 3 is 2.63 bits per heavy atom. The van der Waals surface area contributed by atoms with Crippen LogP contribution in [0.4, 0.5) is 5.69 Å². The Morgan fingerprint density at radius 2 is 1.80 bits per heavy atom. The number of aromatic nitrogens is 2. The average molecular weight is 399 g/mol. The van der Waals surface area contributed by atoms with E-state index >= 15 is 0 Å². The van der Waals surface area contributed by atoms with Crippen molar-refractivity contribution in [3.05, 3.63) is 94.5 Å². The number of para-hydroxylation sites is 2. The van der Waals surface area contributed by atoms with Crippen LogP contribution in [0.25, 0.3) is 16.6 Å². The highest BCUT2D eigenvalue weighted by molar-refractivity contribution is 6.06. The van der Waals surface area contributed by atoms with Crippen molar-refractivity contribution in [1.82, 2.24) is 9.55 Å². The summed E-state index contributed by atoms with van der Waals surface area (Å²) in [6.07, 6.45) is 0. The second kappa shape index (κ2) is 8.21. The summed E-state index contributed by atoms with van der Waals surface area (Å²) in [6, 6.07) is 21.5. The standard InChI is InChI=1S/C24H21N3O3/c1-3-30-22-14-7-5-12-20(22)23(28)26-17-9-8-10-18(15-17)27-16(2)25-21-13-6-4-11-19(21)24(27)29/h4-15H,3H2,1-2H3,(H,26,28). The number of nitrogens with zero attached hydrogens (tertiary/aromatic N) is 2. The molecule has 0 fully saturated rings. The van der Waals surface area contributed by atoms with Crippen LogP contribution in [0.2, 0.25) is 0 Å². The number of amides is 1. The molecule has 0 bridgehead atoms. The highest BCUT2D eigenvalue weighted by Crippen LogP contribution is 2.21. The van der Waals surface area contributed by atoms with E-state index in [0.717, 1.165) is 0 Å². The molecule has 150 valence electrons. The number of anilines is 1. The lowest BCUT2D eigenvalue weighted by Crippen LogP contribution is -2.22. The Kier molecular flexibility index (Phi) is 5.30. The van der Waals surface area contributed by atoms with Crippen LogP contribution >= 0.6 is 0 Å². The second-order valence-corrected chi connectivity index (χ2v) is 6.75. The first kappa shape index (κ1) is 19.4. The molecule has 1 heterocycles. The van der Waals surface area contributed by atoms with Crippen molar-refractivity contribution in [2.75, 3.05) is 11.9 Å². The molecule has 6 nitrogen and oxygen atoms in total. The number of fused-ring (bicyclic) bond motifs is 1. The zero-order chi connectivity index (χ0) is 21.1. The van der Waals surface area contributed by atoms with Gasteiger partial charge in [-0.05, 0) is 56.3 Å². The zero-order valence-electron chi connectivity index (χ0n) is 16.8. The van der Waals surface area contributed by atoms with Gasteiger partial charge in [0.05, 0.1) is 28.8 Å². The number of ether oxygens (including phenoxy) is 1. The van der Waals surface area contributed by atoms with Gasteiger partial charge >= 0.3 is 0 Å². The van der Waals surface area contributed by atoms with E-state index in [4.69, 9.17) is 4.74 Å². The first-order chi connectivity index (χ1) is 14.6. The molecule has 4 aromatic rings. The van der Waals surface area contributed by atoms with Gasteiger partial charge in [0, 0.05) is 5.69 Å². The van der Waals surface area contributed by atoms with Crippen LogP contribution < -0.4 is 15.6 Å². The van der Waals surface area contributed by atoms with Crippen molar-refractivity contribution in [2.45, 2.75) is 13.8 Å². The van der Waals surface area contributed by atoms with E-state index in [-0.39, 0.29) is 11.5 Å². The second-order valence-electron chi connectivity index (χ2n) is 6.75. The molecule has 0 saturated carbocycles. The topological polar surface area (TPSA) is 73.2 Å². The predicted molar refractivity (Wildman–Crippen MR) is 118 cm³/mol. The van der Waals surface area contributed by atoms with Crippen molar-refractivity contribution in [3.63, 3.8) is 0 Å². The lowest BCUT2D eigenvalue weighted by atomic mass is 10.1. The maximum absolute atomic E-state index is 13.0. The number of benzene rings is 3. The summed E-state index contributed by atoms with van der Waals surface area (Å²) in [5, 5.41) is 3.43. The molecule has 0 spiro atoms. The summed E-state index contributed by atoms with van der Waals surface area (Å²) in [5.41, 5.74) is 2.16. The first-order valence-corrected chi connectivity index (χ1v) is 9.70. The number of carbonyl (C=O) groups is 1. The minimum Gasteiger partial charge on any atom is -0.493 e. The molecule has 3 aromatic carbocycles. The molecule has 4 rings (SSSR count). The monoisotopic (exact) mass is 399 g/mol. The van der Waals surface area contributed by atoms with Crippen LogP contribution in [-0.2, 0) is 0 Å². The van der Waals surface area contributed by atoms with Crippen LogP contribution in [-0.4, -0.2) is 22.1 Å². The van der Waals surface area contributed by atoms with E-state index < -0.39 is 0 Å². The molecule has 0 aliphatic rings. The van der Waals surface area contributed by atoms with Crippen molar-refractivity contribution >= 4 is 22.5 Å². The summed E-state index contributed by atoms with van der Waals surface area (Å²) >= 11 is 0. The molecule has 1 amide bonds. The minimum absolute atomic E-state index is 0.150. The van der Waals surface area contributed by atoms with Crippen LogP contribution in [0, 0.1) is 6.92 Å². The van der Waals surface area contributed by atoms with Gasteiger partial charge in [-0.3, -0.25) is 14.2 Å². The van der Waals surface area contributed by atoms with E-state index in [1.54, 1.807) is 54.0 Å². The van der Waals surface area contributed by atoms with Gasteiger partial charge in [-0.25, -0.2) is 4.98 Å². The summed E-state index contributed by atoms with van der Waals surface area (Å²) < 4.78 is 7.09. The van der Waals surface area contributed by atoms with E-state index in [1.807, 2.05) is 37.3 Å². The molecule has 0 saturated heterocycles. The number of nitrogens with one attached hydrogen (secondary N) is 1. The third kappa shape index (κ3) is 3.67. The molecule has 0 aliphatic heterocycles. The summed E-state index contributed by atoms with van der Waals surface area (Å²) in [7, 11) is 0. The number of carbonyl (C=O) groups excluding carboxylic acids is 1. The fourth-order valence-electron chi connectivity index (χ4n) is 3.40. The molecule has 0 aliphatic carbocycles. The quantitative estimate of drug-likeness (QED) is 0.542. The molecule has 0 unspecified atom stereocenters. The smallest absolute Gasteiger partial charge is 0.265 e. The molecule has 6 heteroatoms. The SMILES string of the molecule is CCOc1ccccc1C(=O)Nc1cccc(-n2c(C)nc3ccccc3c2=O)c1. The van der Waals surface area contributed by atoms with Gasteiger partial charge in [0.2, 0.25) is 0 Å². The van der Waals surface area contributed by atoms with Crippen LogP contribution in [0.1, 0.15) is 23.1 Å². The lowest BCUT2D eigenvalue weighted by molar-refractivity contribution is 0.102. The summed E-state index contributed by atoms with van der Waals surface area (Å²) in [6.45, 7) is 4.13. The third-order valence-corrected chi connectivity index (χ3v) is 4.74. The maximum Gasteiger partial charge on any atom is 0.265 e. The molecule has 0 radical (unpaired) electrons. The van der Waals surface area contributed by atoms with Gasteiger partial charge in [0.15, 0.2) is 0 Å². The summed E-state index contributed by atoms with van der Waals surface area (Å²) in [5.74, 6) is 0.820. The van der Waals surface area contributed by atoms with Gasteiger partial charge < -0.3 is 10.1 Å². The molecule has 1 aromatic heterocycles. The Hall–Kier alpha value is -3.93. The Labute approximate surface area is 173 Å².